The first-order valence-corrected chi connectivity index (χ1v) is 7.09. The van der Waals surface area contributed by atoms with Crippen molar-refractivity contribution in [3.8, 4) is 0 Å². The first-order chi connectivity index (χ1) is 8.50. The van der Waals surface area contributed by atoms with Gasteiger partial charge < -0.3 is 10.2 Å². The third-order valence-electron chi connectivity index (χ3n) is 4.23. The Morgan fingerprint density at radius 2 is 2.06 bits per heavy atom. The molecule has 0 saturated carbocycles. The molecule has 1 aliphatic rings. The second-order valence-corrected chi connectivity index (χ2v) is 5.70. The summed E-state index contributed by atoms with van der Waals surface area (Å²) in [6, 6.07) is 3.32. The van der Waals surface area contributed by atoms with Gasteiger partial charge in [-0.25, -0.2) is 0 Å². The summed E-state index contributed by atoms with van der Waals surface area (Å²) >= 11 is 0. The zero-order valence-electron chi connectivity index (χ0n) is 12.1. The highest BCUT2D eigenvalue weighted by molar-refractivity contribution is 5.24. The molecule has 1 aromatic rings. The van der Waals surface area contributed by atoms with Crippen molar-refractivity contribution in [2.75, 3.05) is 6.54 Å². The lowest BCUT2D eigenvalue weighted by Crippen LogP contribution is -2.49. The molecule has 1 aromatic heterocycles. The largest absolute Gasteiger partial charge is 0.466 e. The van der Waals surface area contributed by atoms with Gasteiger partial charge in [0.1, 0.15) is 11.5 Å². The van der Waals surface area contributed by atoms with Crippen LogP contribution in [0.15, 0.2) is 10.5 Å². The average molecular weight is 250 g/mol. The van der Waals surface area contributed by atoms with E-state index in [4.69, 9.17) is 10.2 Å². The van der Waals surface area contributed by atoms with Gasteiger partial charge in [0.05, 0.1) is 0 Å². The fraction of sp³-hybridized carbons (Fsp3) is 0.733. The standard InChI is InChI=1S/C15H26N2O/c1-10-9-14(13(4)18-10)12(3)17-8-6-5-7-15(17)11(2)16/h9,11-12,15H,5-8,16H2,1-4H3. The molecule has 1 saturated heterocycles. The number of likely N-dealkylation sites (tertiary alicyclic amines) is 1. The Morgan fingerprint density at radius 1 is 1.33 bits per heavy atom. The van der Waals surface area contributed by atoms with Gasteiger partial charge in [-0.3, -0.25) is 4.90 Å². The first-order valence-electron chi connectivity index (χ1n) is 7.09. The minimum absolute atomic E-state index is 0.237. The molecule has 2 heterocycles. The topological polar surface area (TPSA) is 42.4 Å². The van der Waals surface area contributed by atoms with E-state index in [-0.39, 0.29) is 6.04 Å². The van der Waals surface area contributed by atoms with Gasteiger partial charge in [-0.1, -0.05) is 6.42 Å². The van der Waals surface area contributed by atoms with E-state index in [1.165, 1.54) is 24.8 Å². The summed E-state index contributed by atoms with van der Waals surface area (Å²) in [4.78, 5) is 2.56. The summed E-state index contributed by atoms with van der Waals surface area (Å²) in [6.07, 6.45) is 3.81. The number of rotatable bonds is 3. The second kappa shape index (κ2) is 5.45. The molecule has 0 amide bonds. The van der Waals surface area contributed by atoms with Crippen LogP contribution in [0.2, 0.25) is 0 Å². The summed E-state index contributed by atoms with van der Waals surface area (Å²) in [5.74, 6) is 2.05. The molecule has 1 aliphatic heterocycles. The molecule has 0 aromatic carbocycles. The maximum absolute atomic E-state index is 6.15. The lowest BCUT2D eigenvalue weighted by Gasteiger charge is -2.41. The van der Waals surface area contributed by atoms with Crippen molar-refractivity contribution in [1.82, 2.24) is 4.90 Å². The summed E-state index contributed by atoms with van der Waals surface area (Å²) in [5, 5.41) is 0. The van der Waals surface area contributed by atoms with Gasteiger partial charge in [0.25, 0.3) is 0 Å². The molecule has 1 fully saturated rings. The molecule has 3 unspecified atom stereocenters. The highest BCUT2D eigenvalue weighted by Gasteiger charge is 2.30. The number of nitrogens with two attached hydrogens (primary N) is 1. The predicted molar refractivity (Wildman–Crippen MR) is 74.6 cm³/mol. The molecule has 0 spiro atoms. The number of nitrogens with zero attached hydrogens (tertiary/aromatic N) is 1. The number of hydrogen-bond acceptors (Lipinski definition) is 3. The zero-order valence-corrected chi connectivity index (χ0v) is 12.1. The number of piperidine rings is 1. The van der Waals surface area contributed by atoms with Crippen molar-refractivity contribution < 1.29 is 4.42 Å². The first kappa shape index (κ1) is 13.6. The van der Waals surface area contributed by atoms with Crippen molar-refractivity contribution in [1.29, 1.82) is 0 Å². The van der Waals surface area contributed by atoms with Gasteiger partial charge >= 0.3 is 0 Å². The van der Waals surface area contributed by atoms with Crippen LogP contribution in [-0.2, 0) is 0 Å². The Kier molecular flexibility index (Phi) is 4.13. The maximum Gasteiger partial charge on any atom is 0.105 e. The summed E-state index contributed by atoms with van der Waals surface area (Å²) in [7, 11) is 0. The summed E-state index contributed by atoms with van der Waals surface area (Å²) < 4.78 is 5.66. The van der Waals surface area contributed by atoms with Gasteiger partial charge in [0.15, 0.2) is 0 Å². The molecule has 3 heteroatoms. The van der Waals surface area contributed by atoms with Gasteiger partial charge in [-0.15, -0.1) is 0 Å². The molecular weight excluding hydrogens is 224 g/mol. The molecule has 3 nitrogen and oxygen atoms in total. The Labute approximate surface area is 110 Å². The van der Waals surface area contributed by atoms with Crippen molar-refractivity contribution in [2.24, 2.45) is 5.73 Å². The minimum Gasteiger partial charge on any atom is -0.466 e. The SMILES string of the molecule is Cc1cc(C(C)N2CCCCC2C(C)N)c(C)o1. The van der Waals surface area contributed by atoms with Crippen LogP contribution in [0.4, 0.5) is 0 Å². The molecule has 0 aliphatic carbocycles. The van der Waals surface area contributed by atoms with E-state index in [0.717, 1.165) is 18.1 Å². The number of aryl methyl sites for hydroxylation is 2. The predicted octanol–water partition coefficient (Wildman–Crippen LogP) is 3.16. The number of hydrogen-bond donors (Lipinski definition) is 1. The van der Waals surface area contributed by atoms with E-state index >= 15 is 0 Å². The van der Waals surface area contributed by atoms with Crippen molar-refractivity contribution >= 4 is 0 Å². The Bertz CT molecular complexity index is 397. The third kappa shape index (κ3) is 2.62. The van der Waals surface area contributed by atoms with Gasteiger partial charge in [-0.2, -0.15) is 0 Å². The van der Waals surface area contributed by atoms with Crippen LogP contribution in [-0.4, -0.2) is 23.5 Å². The summed E-state index contributed by atoms with van der Waals surface area (Å²) in [6.45, 7) is 9.63. The fourth-order valence-corrected chi connectivity index (χ4v) is 3.27. The van der Waals surface area contributed by atoms with Crippen molar-refractivity contribution in [3.63, 3.8) is 0 Å². The van der Waals surface area contributed by atoms with Gasteiger partial charge in [0.2, 0.25) is 0 Å². The van der Waals surface area contributed by atoms with Crippen molar-refractivity contribution in [3.05, 3.63) is 23.2 Å². The van der Waals surface area contributed by atoms with Crippen LogP contribution < -0.4 is 5.73 Å². The van der Waals surface area contributed by atoms with Crippen molar-refractivity contribution in [2.45, 2.75) is 65.1 Å². The molecule has 2 rings (SSSR count). The normalized spacial score (nSPS) is 25.1. The summed E-state index contributed by atoms with van der Waals surface area (Å²) in [5.41, 5.74) is 7.47. The lowest BCUT2D eigenvalue weighted by molar-refractivity contribution is 0.0883. The second-order valence-electron chi connectivity index (χ2n) is 5.70. The third-order valence-corrected chi connectivity index (χ3v) is 4.23. The minimum atomic E-state index is 0.237. The molecule has 0 bridgehead atoms. The molecular formula is C15H26N2O. The highest BCUT2D eigenvalue weighted by atomic mass is 16.3. The van der Waals surface area contributed by atoms with E-state index < -0.39 is 0 Å². The van der Waals surface area contributed by atoms with Crippen LogP contribution in [0, 0.1) is 13.8 Å². The quantitative estimate of drug-likeness (QED) is 0.896. The Morgan fingerprint density at radius 3 is 2.61 bits per heavy atom. The zero-order chi connectivity index (χ0) is 13.3. The average Bonchev–Trinajstić information content (AvgIpc) is 2.67. The van der Waals surface area contributed by atoms with E-state index in [2.05, 4.69) is 31.7 Å². The van der Waals surface area contributed by atoms with E-state index in [1.54, 1.807) is 0 Å². The molecule has 102 valence electrons. The highest BCUT2D eigenvalue weighted by Crippen LogP contribution is 2.32. The Balaban J connectivity index is 2.20. The lowest BCUT2D eigenvalue weighted by atomic mass is 9.93. The molecule has 2 N–H and O–H groups in total. The fourth-order valence-electron chi connectivity index (χ4n) is 3.27. The van der Waals surface area contributed by atoms with E-state index in [1.807, 2.05) is 6.92 Å². The molecule has 18 heavy (non-hydrogen) atoms. The van der Waals surface area contributed by atoms with E-state index in [9.17, 15) is 0 Å². The van der Waals surface area contributed by atoms with Gasteiger partial charge in [0, 0.05) is 23.7 Å². The van der Waals surface area contributed by atoms with Crippen LogP contribution in [0.3, 0.4) is 0 Å². The van der Waals surface area contributed by atoms with Crippen LogP contribution in [0.25, 0.3) is 0 Å². The van der Waals surface area contributed by atoms with Crippen LogP contribution in [0.1, 0.15) is 56.2 Å². The number of furan rings is 1. The van der Waals surface area contributed by atoms with Gasteiger partial charge in [-0.05, 0) is 53.1 Å². The monoisotopic (exact) mass is 250 g/mol. The Hall–Kier alpha value is -0.800. The van der Waals surface area contributed by atoms with Crippen LogP contribution >= 0.6 is 0 Å². The molecule has 0 radical (unpaired) electrons. The van der Waals surface area contributed by atoms with E-state index in [0.29, 0.717) is 12.1 Å². The smallest absolute Gasteiger partial charge is 0.105 e. The van der Waals surface area contributed by atoms with Crippen LogP contribution in [0.5, 0.6) is 0 Å². The molecule has 3 atom stereocenters. The maximum atomic E-state index is 6.15.